The fraction of sp³-hybridized carbons (Fsp3) is 0.261. The molecule has 2 heterocycles. The van der Waals surface area contributed by atoms with Crippen molar-refractivity contribution in [3.8, 4) is 11.5 Å². The highest BCUT2D eigenvalue weighted by molar-refractivity contribution is 5.94. The van der Waals surface area contributed by atoms with Gasteiger partial charge < -0.3 is 29.4 Å². The van der Waals surface area contributed by atoms with E-state index in [0.717, 1.165) is 17.0 Å². The Balaban J connectivity index is 1.70. The van der Waals surface area contributed by atoms with Crippen LogP contribution in [0.1, 0.15) is 33.4 Å². The zero-order chi connectivity index (χ0) is 22.7. The topological polar surface area (TPSA) is 106 Å². The van der Waals surface area contributed by atoms with Gasteiger partial charge in [0.25, 0.3) is 0 Å². The Bertz CT molecular complexity index is 1140. The first-order chi connectivity index (χ1) is 15.5. The number of aromatic nitrogens is 2. The second kappa shape index (κ2) is 9.01. The lowest BCUT2D eigenvalue weighted by molar-refractivity contribution is 0.0600. The summed E-state index contributed by atoms with van der Waals surface area (Å²) in [6.07, 6.45) is 2.26. The lowest BCUT2D eigenvalue weighted by Gasteiger charge is -2.36. The Morgan fingerprint density at radius 3 is 2.72 bits per heavy atom. The third-order valence-corrected chi connectivity index (χ3v) is 5.45. The molecule has 3 aromatic rings. The van der Waals surface area contributed by atoms with Gasteiger partial charge in [-0.3, -0.25) is 0 Å². The number of anilines is 1. The van der Waals surface area contributed by atoms with Gasteiger partial charge in [-0.15, -0.1) is 0 Å². The average molecular weight is 436 g/mol. The molecule has 0 fully saturated rings. The second-order valence-corrected chi connectivity index (χ2v) is 7.22. The van der Waals surface area contributed by atoms with Crippen molar-refractivity contribution >= 4 is 17.7 Å². The summed E-state index contributed by atoms with van der Waals surface area (Å²) in [4.78, 5) is 34.6. The summed E-state index contributed by atoms with van der Waals surface area (Å²) in [5.41, 5.74) is 3.32. The van der Waals surface area contributed by atoms with Gasteiger partial charge in [-0.25, -0.2) is 14.6 Å². The minimum atomic E-state index is -0.487. The van der Waals surface area contributed by atoms with Crippen LogP contribution < -0.4 is 14.8 Å². The van der Waals surface area contributed by atoms with Gasteiger partial charge in [0.1, 0.15) is 17.5 Å². The molecule has 4 rings (SSSR count). The number of carbonyl (C=O) groups excluding carboxylic acids is 2. The molecule has 0 bridgehead atoms. The zero-order valence-electron chi connectivity index (χ0n) is 18.0. The molecular weight excluding hydrogens is 412 g/mol. The number of hydrogen-bond acceptors (Lipinski definition) is 6. The van der Waals surface area contributed by atoms with Gasteiger partial charge in [-0.2, -0.15) is 0 Å². The highest BCUT2D eigenvalue weighted by Gasteiger charge is 2.36. The van der Waals surface area contributed by atoms with Crippen molar-refractivity contribution in [1.82, 2.24) is 14.9 Å². The summed E-state index contributed by atoms with van der Waals surface area (Å²) in [5, 5.41) is 2.89. The molecule has 2 N–H and O–H groups in total. The molecule has 0 unspecified atom stereocenters. The highest BCUT2D eigenvalue weighted by Crippen LogP contribution is 2.39. The normalized spacial score (nSPS) is 15.0. The fourth-order valence-electron chi connectivity index (χ4n) is 3.90. The molecule has 1 aromatic heterocycles. The van der Waals surface area contributed by atoms with E-state index in [9.17, 15) is 9.59 Å². The summed E-state index contributed by atoms with van der Waals surface area (Å²) in [6, 6.07) is 11.3. The molecule has 32 heavy (non-hydrogen) atoms. The maximum atomic E-state index is 13.4. The second-order valence-electron chi connectivity index (χ2n) is 7.22. The number of benzene rings is 2. The fourth-order valence-corrected chi connectivity index (χ4v) is 3.90. The van der Waals surface area contributed by atoms with Crippen LogP contribution in [-0.2, 0) is 11.2 Å². The summed E-state index contributed by atoms with van der Waals surface area (Å²) < 4.78 is 15.8. The van der Waals surface area contributed by atoms with Crippen LogP contribution in [0.25, 0.3) is 0 Å². The van der Waals surface area contributed by atoms with Crippen LogP contribution in [0.5, 0.6) is 11.5 Å². The van der Waals surface area contributed by atoms with Gasteiger partial charge in [0.05, 0.1) is 38.9 Å². The van der Waals surface area contributed by atoms with Crippen LogP contribution in [0.15, 0.2) is 48.8 Å². The molecule has 0 spiro atoms. The highest BCUT2D eigenvalue weighted by atomic mass is 16.5. The Morgan fingerprint density at radius 1 is 1.12 bits per heavy atom. The molecule has 0 aliphatic carbocycles. The van der Waals surface area contributed by atoms with Gasteiger partial charge in [0, 0.05) is 29.9 Å². The van der Waals surface area contributed by atoms with Crippen molar-refractivity contribution in [2.75, 3.05) is 33.2 Å². The molecular formula is C23H24N4O5. The minimum Gasteiger partial charge on any atom is -0.497 e. The van der Waals surface area contributed by atoms with Crippen LogP contribution in [-0.4, -0.2) is 54.7 Å². The predicted molar refractivity (Wildman–Crippen MR) is 117 cm³/mol. The number of amides is 2. The molecule has 1 atom stereocenters. The van der Waals surface area contributed by atoms with Crippen LogP contribution in [0.2, 0.25) is 0 Å². The summed E-state index contributed by atoms with van der Waals surface area (Å²) in [7, 11) is 4.49. The molecule has 2 amide bonds. The number of nitrogens with one attached hydrogen (secondary N) is 2. The number of aromatic amines is 1. The Hall–Kier alpha value is -4.01. The quantitative estimate of drug-likeness (QED) is 0.594. The number of methoxy groups -OCH3 is 3. The first-order valence-electron chi connectivity index (χ1n) is 10.1. The standard InChI is InChI=1S/C23H24N4O5/c1-30-16-7-8-19(31-2)17(12-16)21-20-18(24-13-25-20)9-10-27(21)23(29)26-15-6-4-5-14(11-15)22(28)32-3/h4-8,11-13,21H,9-10H2,1-3H3,(H,24,25)(H,26,29)/t21-/m1/s1. The zero-order valence-corrected chi connectivity index (χ0v) is 18.0. The lowest BCUT2D eigenvalue weighted by Crippen LogP contribution is -2.43. The van der Waals surface area contributed by atoms with E-state index in [1.807, 2.05) is 12.1 Å². The van der Waals surface area contributed by atoms with Crippen molar-refractivity contribution < 1.29 is 23.8 Å². The average Bonchev–Trinajstić information content (AvgIpc) is 3.31. The van der Waals surface area contributed by atoms with Gasteiger partial charge in [-0.05, 0) is 36.4 Å². The molecule has 0 radical (unpaired) electrons. The van der Waals surface area contributed by atoms with Crippen molar-refractivity contribution in [3.05, 3.63) is 71.3 Å². The summed E-state index contributed by atoms with van der Waals surface area (Å²) in [6.45, 7) is 0.461. The van der Waals surface area contributed by atoms with Crippen LogP contribution >= 0.6 is 0 Å². The monoisotopic (exact) mass is 436 g/mol. The number of imidazole rings is 1. The third-order valence-electron chi connectivity index (χ3n) is 5.45. The van der Waals surface area contributed by atoms with E-state index in [0.29, 0.717) is 35.7 Å². The van der Waals surface area contributed by atoms with E-state index in [1.165, 1.54) is 7.11 Å². The summed E-state index contributed by atoms with van der Waals surface area (Å²) >= 11 is 0. The number of nitrogens with zero attached hydrogens (tertiary/aromatic N) is 2. The first kappa shape index (κ1) is 21.2. The summed E-state index contributed by atoms with van der Waals surface area (Å²) in [5.74, 6) is 0.797. The van der Waals surface area contributed by atoms with E-state index in [4.69, 9.17) is 14.2 Å². The van der Waals surface area contributed by atoms with Crippen LogP contribution in [0.3, 0.4) is 0 Å². The number of H-pyrrole nitrogens is 1. The Morgan fingerprint density at radius 2 is 1.97 bits per heavy atom. The predicted octanol–water partition coefficient (Wildman–Crippen LogP) is 3.39. The Labute approximate surface area is 185 Å². The van der Waals surface area contributed by atoms with E-state index < -0.39 is 12.0 Å². The van der Waals surface area contributed by atoms with Crippen molar-refractivity contribution in [1.29, 1.82) is 0 Å². The molecule has 9 heteroatoms. The number of carbonyl (C=O) groups is 2. The smallest absolute Gasteiger partial charge is 0.337 e. The van der Waals surface area contributed by atoms with Crippen molar-refractivity contribution in [3.63, 3.8) is 0 Å². The first-order valence-corrected chi connectivity index (χ1v) is 10.1. The number of hydrogen-bond donors (Lipinski definition) is 2. The van der Waals surface area contributed by atoms with Gasteiger partial charge in [0.15, 0.2) is 0 Å². The maximum absolute atomic E-state index is 13.4. The molecule has 0 saturated carbocycles. The van der Waals surface area contributed by atoms with E-state index in [1.54, 1.807) is 55.8 Å². The maximum Gasteiger partial charge on any atom is 0.337 e. The minimum absolute atomic E-state index is 0.324. The van der Waals surface area contributed by atoms with Crippen LogP contribution in [0, 0.1) is 0 Å². The van der Waals surface area contributed by atoms with E-state index in [2.05, 4.69) is 15.3 Å². The molecule has 1 aliphatic rings. The van der Waals surface area contributed by atoms with E-state index >= 15 is 0 Å². The number of rotatable bonds is 5. The number of urea groups is 1. The lowest BCUT2D eigenvalue weighted by atomic mass is 9.95. The Kier molecular flexibility index (Phi) is 5.98. The van der Waals surface area contributed by atoms with Crippen molar-refractivity contribution in [2.24, 2.45) is 0 Å². The molecule has 9 nitrogen and oxygen atoms in total. The molecule has 0 saturated heterocycles. The third kappa shape index (κ3) is 3.96. The van der Waals surface area contributed by atoms with Gasteiger partial charge in [-0.1, -0.05) is 6.07 Å². The van der Waals surface area contributed by atoms with Crippen molar-refractivity contribution in [2.45, 2.75) is 12.5 Å². The van der Waals surface area contributed by atoms with Gasteiger partial charge in [0.2, 0.25) is 0 Å². The largest absolute Gasteiger partial charge is 0.497 e. The van der Waals surface area contributed by atoms with Crippen LogP contribution in [0.4, 0.5) is 10.5 Å². The van der Waals surface area contributed by atoms with E-state index in [-0.39, 0.29) is 6.03 Å². The number of fused-ring (bicyclic) bond motifs is 1. The molecule has 2 aromatic carbocycles. The van der Waals surface area contributed by atoms with Gasteiger partial charge >= 0.3 is 12.0 Å². The molecule has 1 aliphatic heterocycles. The number of ether oxygens (including phenoxy) is 3. The number of esters is 1. The molecule has 166 valence electrons. The SMILES string of the molecule is COC(=O)c1cccc(NC(=O)N2CCc3[nH]cnc3[C@H]2c2cc(OC)ccc2OC)c1.